The first-order valence-electron chi connectivity index (χ1n) is 11.5. The molecule has 1 heterocycles. The number of hydrogen-bond donors (Lipinski definition) is 2. The Kier molecular flexibility index (Phi) is 7.67. The molecule has 180 valence electrons. The van der Waals surface area contributed by atoms with Crippen LogP contribution in [-0.4, -0.2) is 25.5 Å². The lowest BCUT2D eigenvalue weighted by atomic mass is 10.1. The maximum Gasteiger partial charge on any atom is 0.291 e. The largest absolute Gasteiger partial charge is 0.493 e. The van der Waals surface area contributed by atoms with E-state index in [2.05, 4.69) is 10.6 Å². The number of ether oxygens (including phenoxy) is 2. The zero-order valence-corrected chi connectivity index (χ0v) is 19.8. The van der Waals surface area contributed by atoms with Crippen LogP contribution in [0.25, 0.3) is 11.0 Å². The number of rotatable bonds is 10. The number of para-hydroxylation sites is 1. The number of carbonyl (C=O) groups is 2. The number of methoxy groups -OCH3 is 1. The van der Waals surface area contributed by atoms with Crippen LogP contribution in [0.1, 0.15) is 35.0 Å². The van der Waals surface area contributed by atoms with Crippen LogP contribution in [0.5, 0.6) is 11.5 Å². The molecule has 2 N–H and O–H groups in total. The molecule has 0 saturated carbocycles. The number of hydrogen-bond acceptors (Lipinski definition) is 5. The highest BCUT2D eigenvalue weighted by Gasteiger charge is 2.13. The first-order chi connectivity index (χ1) is 17.1. The quantitative estimate of drug-likeness (QED) is 0.325. The Balaban J connectivity index is 1.29. The van der Waals surface area contributed by atoms with E-state index in [-0.39, 0.29) is 24.0 Å². The molecule has 0 aliphatic carbocycles. The van der Waals surface area contributed by atoms with Crippen LogP contribution in [0, 0.1) is 0 Å². The van der Waals surface area contributed by atoms with E-state index < -0.39 is 0 Å². The van der Waals surface area contributed by atoms with Crippen molar-refractivity contribution >= 4 is 28.5 Å². The Morgan fingerprint density at radius 1 is 0.914 bits per heavy atom. The van der Waals surface area contributed by atoms with Crippen molar-refractivity contribution < 1.29 is 23.5 Å². The van der Waals surface area contributed by atoms with Gasteiger partial charge in [-0.25, -0.2) is 0 Å². The van der Waals surface area contributed by atoms with E-state index >= 15 is 0 Å². The average Bonchev–Trinajstić information content (AvgIpc) is 3.32. The summed E-state index contributed by atoms with van der Waals surface area (Å²) in [6.07, 6.45) is 1.14. The molecule has 0 atom stereocenters. The lowest BCUT2D eigenvalue weighted by molar-refractivity contribution is -0.120. The Morgan fingerprint density at radius 2 is 1.69 bits per heavy atom. The van der Waals surface area contributed by atoms with Gasteiger partial charge in [0.25, 0.3) is 5.91 Å². The molecule has 3 aromatic carbocycles. The SMILES string of the molecule is CCCOc1ccc(CNC(=O)Cc2ccc(NC(=O)c3cc4ccccc4o3)cc2)cc1OC. The van der Waals surface area contributed by atoms with E-state index in [4.69, 9.17) is 13.9 Å². The van der Waals surface area contributed by atoms with Crippen molar-refractivity contribution in [2.75, 3.05) is 19.0 Å². The minimum atomic E-state index is -0.326. The first kappa shape index (κ1) is 23.9. The van der Waals surface area contributed by atoms with Gasteiger partial charge in [0, 0.05) is 17.6 Å². The summed E-state index contributed by atoms with van der Waals surface area (Å²) < 4.78 is 16.7. The predicted octanol–water partition coefficient (Wildman–Crippen LogP) is 5.34. The molecule has 7 heteroatoms. The highest BCUT2D eigenvalue weighted by atomic mass is 16.5. The van der Waals surface area contributed by atoms with Crippen LogP contribution in [-0.2, 0) is 17.8 Å². The molecule has 4 aromatic rings. The van der Waals surface area contributed by atoms with Crippen LogP contribution in [0.4, 0.5) is 5.69 Å². The molecule has 2 amide bonds. The summed E-state index contributed by atoms with van der Waals surface area (Å²) in [6, 6.07) is 22.0. The summed E-state index contributed by atoms with van der Waals surface area (Å²) in [5, 5.41) is 6.62. The fraction of sp³-hybridized carbons (Fsp3) is 0.214. The van der Waals surface area contributed by atoms with Crippen molar-refractivity contribution in [1.82, 2.24) is 5.32 Å². The van der Waals surface area contributed by atoms with Crippen molar-refractivity contribution in [2.24, 2.45) is 0 Å². The van der Waals surface area contributed by atoms with Gasteiger partial charge < -0.3 is 24.5 Å². The Hall–Kier alpha value is -4.26. The third-order valence-electron chi connectivity index (χ3n) is 5.41. The summed E-state index contributed by atoms with van der Waals surface area (Å²) in [6.45, 7) is 3.05. The summed E-state index contributed by atoms with van der Waals surface area (Å²) in [7, 11) is 1.60. The fourth-order valence-electron chi connectivity index (χ4n) is 3.59. The van der Waals surface area contributed by atoms with Crippen LogP contribution < -0.4 is 20.1 Å². The summed E-state index contributed by atoms with van der Waals surface area (Å²) in [4.78, 5) is 24.9. The van der Waals surface area contributed by atoms with E-state index in [1.807, 2.05) is 61.5 Å². The maximum atomic E-state index is 12.5. The highest BCUT2D eigenvalue weighted by Crippen LogP contribution is 2.28. The number of anilines is 1. The number of nitrogens with one attached hydrogen (secondary N) is 2. The zero-order chi connectivity index (χ0) is 24.6. The Labute approximate surface area is 204 Å². The van der Waals surface area contributed by atoms with E-state index in [9.17, 15) is 9.59 Å². The topological polar surface area (TPSA) is 89.8 Å². The standard InChI is InChI=1S/C28H28N2O5/c1-3-14-34-24-13-10-20(15-25(24)33-2)18-29-27(31)16-19-8-11-22(12-9-19)30-28(32)26-17-21-6-4-5-7-23(21)35-26/h4-13,15,17H,3,14,16,18H2,1-2H3,(H,29,31)(H,30,32). The van der Waals surface area contributed by atoms with E-state index in [1.54, 1.807) is 25.3 Å². The molecule has 0 saturated heterocycles. The van der Waals surface area contributed by atoms with Crippen molar-refractivity contribution in [3.8, 4) is 11.5 Å². The minimum absolute atomic E-state index is 0.102. The maximum absolute atomic E-state index is 12.5. The molecule has 1 aromatic heterocycles. The second-order valence-corrected chi connectivity index (χ2v) is 8.09. The van der Waals surface area contributed by atoms with Crippen LogP contribution >= 0.6 is 0 Å². The molecular formula is C28H28N2O5. The normalized spacial score (nSPS) is 10.7. The smallest absolute Gasteiger partial charge is 0.291 e. The lowest BCUT2D eigenvalue weighted by Gasteiger charge is -2.12. The van der Waals surface area contributed by atoms with Gasteiger partial charge in [-0.2, -0.15) is 0 Å². The number of amides is 2. The molecule has 0 aliphatic rings. The fourth-order valence-corrected chi connectivity index (χ4v) is 3.59. The number of benzene rings is 3. The van der Waals surface area contributed by atoms with Gasteiger partial charge in [-0.1, -0.05) is 43.3 Å². The second kappa shape index (κ2) is 11.2. The second-order valence-electron chi connectivity index (χ2n) is 8.09. The lowest BCUT2D eigenvalue weighted by Crippen LogP contribution is -2.24. The molecule has 0 unspecified atom stereocenters. The van der Waals surface area contributed by atoms with Gasteiger partial charge in [0.1, 0.15) is 5.58 Å². The highest BCUT2D eigenvalue weighted by molar-refractivity contribution is 6.04. The first-order valence-corrected chi connectivity index (χ1v) is 11.5. The van der Waals surface area contributed by atoms with Gasteiger partial charge in [0.05, 0.1) is 20.1 Å². The summed E-state index contributed by atoms with van der Waals surface area (Å²) in [5.41, 5.74) is 3.04. The van der Waals surface area contributed by atoms with Gasteiger partial charge in [0.2, 0.25) is 5.91 Å². The van der Waals surface area contributed by atoms with Crippen LogP contribution in [0.3, 0.4) is 0 Å². The van der Waals surface area contributed by atoms with Gasteiger partial charge in [0.15, 0.2) is 17.3 Å². The number of fused-ring (bicyclic) bond motifs is 1. The van der Waals surface area contributed by atoms with Gasteiger partial charge in [-0.05, 0) is 53.9 Å². The third-order valence-corrected chi connectivity index (χ3v) is 5.41. The van der Waals surface area contributed by atoms with Crippen molar-refractivity contribution in [2.45, 2.75) is 26.3 Å². The predicted molar refractivity (Wildman–Crippen MR) is 135 cm³/mol. The Morgan fingerprint density at radius 3 is 2.43 bits per heavy atom. The van der Waals surface area contributed by atoms with Crippen molar-refractivity contribution in [3.05, 3.63) is 89.7 Å². The molecule has 0 radical (unpaired) electrons. The van der Waals surface area contributed by atoms with E-state index in [0.29, 0.717) is 35.9 Å². The summed E-state index contributed by atoms with van der Waals surface area (Å²) >= 11 is 0. The van der Waals surface area contributed by atoms with Crippen LogP contribution in [0.2, 0.25) is 0 Å². The summed E-state index contributed by atoms with van der Waals surface area (Å²) in [5.74, 6) is 1.15. The molecule has 0 bridgehead atoms. The molecule has 7 nitrogen and oxygen atoms in total. The number of furan rings is 1. The van der Waals surface area contributed by atoms with Gasteiger partial charge in [-0.15, -0.1) is 0 Å². The Bertz CT molecular complexity index is 1280. The third kappa shape index (κ3) is 6.20. The number of carbonyl (C=O) groups excluding carboxylic acids is 2. The molecule has 35 heavy (non-hydrogen) atoms. The molecule has 4 rings (SSSR count). The van der Waals surface area contributed by atoms with Gasteiger partial charge >= 0.3 is 0 Å². The average molecular weight is 473 g/mol. The molecule has 0 aliphatic heterocycles. The molecule has 0 spiro atoms. The van der Waals surface area contributed by atoms with E-state index in [0.717, 1.165) is 22.9 Å². The van der Waals surface area contributed by atoms with Crippen molar-refractivity contribution in [1.29, 1.82) is 0 Å². The van der Waals surface area contributed by atoms with E-state index in [1.165, 1.54) is 0 Å². The monoisotopic (exact) mass is 472 g/mol. The van der Waals surface area contributed by atoms with Crippen LogP contribution in [0.15, 0.2) is 77.2 Å². The van der Waals surface area contributed by atoms with Gasteiger partial charge in [-0.3, -0.25) is 9.59 Å². The molecule has 0 fully saturated rings. The minimum Gasteiger partial charge on any atom is -0.493 e. The van der Waals surface area contributed by atoms with Crippen molar-refractivity contribution in [3.63, 3.8) is 0 Å². The molecular weight excluding hydrogens is 444 g/mol. The zero-order valence-electron chi connectivity index (χ0n) is 19.8.